The average molecular weight is 300 g/mol. The van der Waals surface area contributed by atoms with E-state index in [1.165, 1.54) is 0 Å². The second-order valence-corrected chi connectivity index (χ2v) is 5.81. The quantitative estimate of drug-likeness (QED) is 0.911. The standard InChI is InChI=1S/C16H23F3N2/c1-3-14-11-21(12(2)9-16(17,18)19)15(10-20-14)13-7-5-4-6-8-13/h4-8,12,14-15,20H,3,9-11H2,1-2H3. The predicted octanol–water partition coefficient (Wildman–Crippen LogP) is 3.75. The van der Waals surface area contributed by atoms with Crippen molar-refractivity contribution in [3.63, 3.8) is 0 Å². The smallest absolute Gasteiger partial charge is 0.311 e. The number of nitrogens with one attached hydrogen (secondary N) is 1. The first-order chi connectivity index (χ1) is 9.90. The topological polar surface area (TPSA) is 15.3 Å². The molecular weight excluding hydrogens is 277 g/mol. The molecule has 2 nitrogen and oxygen atoms in total. The molecule has 3 atom stereocenters. The minimum Gasteiger partial charge on any atom is -0.311 e. The molecule has 1 N–H and O–H groups in total. The molecule has 2 rings (SSSR count). The Morgan fingerprint density at radius 1 is 1.29 bits per heavy atom. The van der Waals surface area contributed by atoms with Crippen molar-refractivity contribution in [3.8, 4) is 0 Å². The third-order valence-electron chi connectivity index (χ3n) is 4.20. The van der Waals surface area contributed by atoms with Crippen molar-refractivity contribution < 1.29 is 13.2 Å². The Bertz CT molecular complexity index is 433. The summed E-state index contributed by atoms with van der Waals surface area (Å²) in [6.45, 7) is 5.10. The van der Waals surface area contributed by atoms with Crippen molar-refractivity contribution in [1.29, 1.82) is 0 Å². The molecule has 0 saturated carbocycles. The lowest BCUT2D eigenvalue weighted by Crippen LogP contribution is -2.55. The van der Waals surface area contributed by atoms with Crippen LogP contribution in [0.2, 0.25) is 0 Å². The summed E-state index contributed by atoms with van der Waals surface area (Å²) >= 11 is 0. The fourth-order valence-corrected chi connectivity index (χ4v) is 3.04. The van der Waals surface area contributed by atoms with E-state index in [0.29, 0.717) is 13.1 Å². The van der Waals surface area contributed by atoms with Crippen molar-refractivity contribution in [3.05, 3.63) is 35.9 Å². The summed E-state index contributed by atoms with van der Waals surface area (Å²) in [5.74, 6) is 0. The number of benzene rings is 1. The maximum absolute atomic E-state index is 12.7. The van der Waals surface area contributed by atoms with Gasteiger partial charge in [-0.25, -0.2) is 0 Å². The highest BCUT2D eigenvalue weighted by atomic mass is 19.4. The molecule has 3 unspecified atom stereocenters. The van der Waals surface area contributed by atoms with Gasteiger partial charge in [-0.05, 0) is 18.9 Å². The van der Waals surface area contributed by atoms with E-state index in [-0.39, 0.29) is 12.1 Å². The van der Waals surface area contributed by atoms with Crippen LogP contribution in [-0.2, 0) is 0 Å². The molecule has 0 bridgehead atoms. The SMILES string of the molecule is CCC1CN(C(C)CC(F)(F)F)C(c2ccccc2)CN1. The average Bonchev–Trinajstić information content (AvgIpc) is 2.45. The Hall–Kier alpha value is -1.07. The zero-order valence-electron chi connectivity index (χ0n) is 12.5. The number of hydrogen-bond acceptors (Lipinski definition) is 2. The molecule has 0 aliphatic carbocycles. The fraction of sp³-hybridized carbons (Fsp3) is 0.625. The molecule has 21 heavy (non-hydrogen) atoms. The summed E-state index contributed by atoms with van der Waals surface area (Å²) in [6, 6.07) is 9.55. The van der Waals surface area contributed by atoms with Crippen LogP contribution in [0.4, 0.5) is 13.2 Å². The van der Waals surface area contributed by atoms with E-state index in [4.69, 9.17) is 0 Å². The lowest BCUT2D eigenvalue weighted by atomic mass is 9.97. The number of hydrogen-bond donors (Lipinski definition) is 1. The van der Waals surface area contributed by atoms with Gasteiger partial charge >= 0.3 is 6.18 Å². The van der Waals surface area contributed by atoms with E-state index in [9.17, 15) is 13.2 Å². The Labute approximate surface area is 124 Å². The van der Waals surface area contributed by atoms with E-state index < -0.39 is 18.6 Å². The lowest BCUT2D eigenvalue weighted by Gasteiger charge is -2.44. The molecule has 1 aliphatic rings. The van der Waals surface area contributed by atoms with Crippen LogP contribution in [0.3, 0.4) is 0 Å². The van der Waals surface area contributed by atoms with Gasteiger partial charge < -0.3 is 5.32 Å². The van der Waals surface area contributed by atoms with Crippen molar-refractivity contribution in [2.75, 3.05) is 13.1 Å². The summed E-state index contributed by atoms with van der Waals surface area (Å²) in [5, 5.41) is 3.44. The Kier molecular flexibility index (Phi) is 5.27. The monoisotopic (exact) mass is 300 g/mol. The van der Waals surface area contributed by atoms with Crippen molar-refractivity contribution in [2.24, 2.45) is 0 Å². The van der Waals surface area contributed by atoms with Crippen molar-refractivity contribution >= 4 is 0 Å². The molecule has 118 valence electrons. The minimum absolute atomic E-state index is 0.00588. The van der Waals surface area contributed by atoms with Gasteiger partial charge in [-0.3, -0.25) is 4.90 Å². The Balaban J connectivity index is 2.17. The lowest BCUT2D eigenvalue weighted by molar-refractivity contribution is -0.149. The predicted molar refractivity (Wildman–Crippen MR) is 78.1 cm³/mol. The molecule has 1 fully saturated rings. The van der Waals surface area contributed by atoms with E-state index in [0.717, 1.165) is 12.0 Å². The van der Waals surface area contributed by atoms with Gasteiger partial charge in [0.25, 0.3) is 0 Å². The number of piperazine rings is 1. The summed E-state index contributed by atoms with van der Waals surface area (Å²) in [4.78, 5) is 2.01. The zero-order chi connectivity index (χ0) is 15.5. The molecule has 1 saturated heterocycles. The van der Waals surface area contributed by atoms with Gasteiger partial charge in [0.2, 0.25) is 0 Å². The Morgan fingerprint density at radius 2 is 1.95 bits per heavy atom. The highest BCUT2D eigenvalue weighted by Gasteiger charge is 2.37. The van der Waals surface area contributed by atoms with Crippen molar-refractivity contribution in [1.82, 2.24) is 10.2 Å². The third-order valence-corrected chi connectivity index (χ3v) is 4.20. The first kappa shape index (κ1) is 16.3. The van der Waals surface area contributed by atoms with Gasteiger partial charge in [-0.2, -0.15) is 13.2 Å². The van der Waals surface area contributed by atoms with E-state index in [2.05, 4.69) is 12.2 Å². The van der Waals surface area contributed by atoms with E-state index >= 15 is 0 Å². The summed E-state index contributed by atoms with van der Waals surface area (Å²) in [7, 11) is 0. The molecule has 0 aromatic heterocycles. The molecule has 0 spiro atoms. The number of rotatable bonds is 4. The third kappa shape index (κ3) is 4.45. The summed E-state index contributed by atoms with van der Waals surface area (Å²) < 4.78 is 38.2. The van der Waals surface area contributed by atoms with Crippen LogP contribution >= 0.6 is 0 Å². The minimum atomic E-state index is -4.12. The maximum atomic E-state index is 12.7. The highest BCUT2D eigenvalue weighted by molar-refractivity contribution is 5.20. The second-order valence-electron chi connectivity index (χ2n) is 5.81. The molecule has 1 aromatic rings. The van der Waals surface area contributed by atoms with E-state index in [1.807, 2.05) is 35.2 Å². The van der Waals surface area contributed by atoms with Crippen LogP contribution in [0, 0.1) is 0 Å². The maximum Gasteiger partial charge on any atom is 0.390 e. The summed E-state index contributed by atoms with van der Waals surface area (Å²) in [5.41, 5.74) is 1.08. The first-order valence-electron chi connectivity index (χ1n) is 7.51. The van der Waals surface area contributed by atoms with Crippen LogP contribution in [0.15, 0.2) is 30.3 Å². The zero-order valence-corrected chi connectivity index (χ0v) is 12.5. The number of alkyl halides is 3. The molecule has 0 radical (unpaired) electrons. The molecule has 1 aromatic carbocycles. The van der Waals surface area contributed by atoms with Gasteiger partial charge in [-0.15, -0.1) is 0 Å². The molecule has 0 amide bonds. The molecular formula is C16H23F3N2. The van der Waals surface area contributed by atoms with Crippen LogP contribution < -0.4 is 5.32 Å². The first-order valence-corrected chi connectivity index (χ1v) is 7.51. The van der Waals surface area contributed by atoms with Crippen molar-refractivity contribution in [2.45, 2.75) is 51.0 Å². The largest absolute Gasteiger partial charge is 0.390 e. The normalized spacial score (nSPS) is 25.8. The van der Waals surface area contributed by atoms with Crippen LogP contribution in [0.1, 0.15) is 38.3 Å². The van der Waals surface area contributed by atoms with Crippen LogP contribution in [-0.4, -0.2) is 36.2 Å². The number of nitrogens with zero attached hydrogens (tertiary/aromatic N) is 1. The highest BCUT2D eigenvalue weighted by Crippen LogP contribution is 2.31. The van der Waals surface area contributed by atoms with Gasteiger partial charge in [-0.1, -0.05) is 37.3 Å². The summed E-state index contributed by atoms with van der Waals surface area (Å²) in [6.07, 6.45) is -3.95. The van der Waals surface area contributed by atoms with Gasteiger partial charge in [0.15, 0.2) is 0 Å². The fourth-order valence-electron chi connectivity index (χ4n) is 3.04. The second kappa shape index (κ2) is 6.79. The van der Waals surface area contributed by atoms with E-state index in [1.54, 1.807) is 6.92 Å². The molecule has 1 heterocycles. The van der Waals surface area contributed by atoms with Gasteiger partial charge in [0, 0.05) is 31.2 Å². The van der Waals surface area contributed by atoms with Gasteiger partial charge in [0.05, 0.1) is 6.42 Å². The van der Waals surface area contributed by atoms with Crippen LogP contribution in [0.5, 0.6) is 0 Å². The Morgan fingerprint density at radius 3 is 2.52 bits per heavy atom. The molecule has 1 aliphatic heterocycles. The van der Waals surface area contributed by atoms with Crippen LogP contribution in [0.25, 0.3) is 0 Å². The molecule has 5 heteroatoms. The van der Waals surface area contributed by atoms with Gasteiger partial charge in [0.1, 0.15) is 0 Å². The number of halogens is 3.